The lowest BCUT2D eigenvalue weighted by Gasteiger charge is -2.01. The van der Waals surface area contributed by atoms with Crippen LogP contribution in [0.4, 0.5) is 0 Å². The highest BCUT2D eigenvalue weighted by atomic mass is 31.0. The molecule has 0 aromatic heterocycles. The third-order valence-electron chi connectivity index (χ3n) is 1.85. The summed E-state index contributed by atoms with van der Waals surface area (Å²) in [5.74, 6) is 1.71. The number of nitrogens with zero attached hydrogens (tertiary/aromatic N) is 2. The molecule has 2 aliphatic heterocycles. The Labute approximate surface area is 81.1 Å². The van der Waals surface area contributed by atoms with Crippen LogP contribution >= 0.6 is 9.90 Å². The summed E-state index contributed by atoms with van der Waals surface area (Å²) in [6, 6.07) is 0. The zero-order valence-corrected chi connectivity index (χ0v) is 9.07. The number of aliphatic imine (C=N–C) groups is 2. The van der Waals surface area contributed by atoms with E-state index in [1.807, 2.05) is 0 Å². The number of rotatable bonds is 3. The quantitative estimate of drug-likeness (QED) is 0.632. The van der Waals surface area contributed by atoms with Gasteiger partial charge in [0.2, 0.25) is 0 Å². The van der Waals surface area contributed by atoms with Gasteiger partial charge in [-0.05, 0) is 0 Å². The van der Waals surface area contributed by atoms with Crippen molar-refractivity contribution in [3.05, 3.63) is 0 Å². The van der Waals surface area contributed by atoms with E-state index in [1.165, 1.54) is 0 Å². The molecule has 0 aromatic rings. The zero-order chi connectivity index (χ0) is 8.23. The smallest absolute Gasteiger partial charge is 0.183 e. The van der Waals surface area contributed by atoms with Crippen molar-refractivity contribution in [3.8, 4) is 0 Å². The molecule has 5 heteroatoms. The van der Waals surface area contributed by atoms with Crippen LogP contribution in [0.2, 0.25) is 0 Å². The van der Waals surface area contributed by atoms with E-state index in [9.17, 15) is 0 Å². The van der Waals surface area contributed by atoms with E-state index in [1.54, 1.807) is 0 Å². The van der Waals surface area contributed by atoms with Crippen molar-refractivity contribution in [1.29, 1.82) is 0 Å². The van der Waals surface area contributed by atoms with Crippen molar-refractivity contribution in [2.75, 3.05) is 26.3 Å². The fourth-order valence-electron chi connectivity index (χ4n) is 1.28. The lowest BCUT2D eigenvalue weighted by molar-refractivity contribution is 0.327. The van der Waals surface area contributed by atoms with Gasteiger partial charge in [-0.15, -0.1) is 0 Å². The van der Waals surface area contributed by atoms with E-state index in [4.69, 9.17) is 9.47 Å². The van der Waals surface area contributed by atoms with Gasteiger partial charge in [-0.25, -0.2) is 0 Å². The molecule has 0 bridgehead atoms. The highest BCUT2D eigenvalue weighted by Gasteiger charge is 2.11. The summed E-state index contributed by atoms with van der Waals surface area (Å²) in [5.41, 5.74) is 0. The lowest BCUT2D eigenvalue weighted by atomic mass is 10.3. The second-order valence-corrected chi connectivity index (χ2v) is 2.75. The van der Waals surface area contributed by atoms with Crippen LogP contribution in [-0.2, 0) is 9.47 Å². The van der Waals surface area contributed by atoms with Gasteiger partial charge in [-0.3, -0.25) is 9.98 Å². The summed E-state index contributed by atoms with van der Waals surface area (Å²) >= 11 is 0. The molecule has 2 rings (SSSR count). The van der Waals surface area contributed by atoms with Gasteiger partial charge in [0.15, 0.2) is 11.8 Å². The summed E-state index contributed by atoms with van der Waals surface area (Å²) in [6.45, 7) is 3.09. The van der Waals surface area contributed by atoms with Crippen molar-refractivity contribution in [3.63, 3.8) is 0 Å². The molecule has 0 spiro atoms. The molecule has 0 fully saturated rings. The van der Waals surface area contributed by atoms with Crippen LogP contribution in [0.5, 0.6) is 0 Å². The number of hydrogen-bond acceptors (Lipinski definition) is 4. The first-order valence-electron chi connectivity index (χ1n) is 4.27. The molecular weight excluding hydrogens is 187 g/mol. The molecule has 1 atom stereocenters. The van der Waals surface area contributed by atoms with E-state index in [0.717, 1.165) is 50.9 Å². The van der Waals surface area contributed by atoms with Gasteiger partial charge in [-0.2, -0.15) is 9.90 Å². The standard InChI is InChI=1S/C8H12N2O2.H3P/c1(7-9-3-5-11-7)2-8-10-4-6-12-8;/h1-6H2;1H3. The molecule has 0 aromatic carbocycles. The van der Waals surface area contributed by atoms with Gasteiger partial charge in [0, 0.05) is 12.8 Å². The largest absolute Gasteiger partial charge is 0.479 e. The molecule has 0 N–H and O–H groups in total. The van der Waals surface area contributed by atoms with Gasteiger partial charge in [0.25, 0.3) is 0 Å². The summed E-state index contributed by atoms with van der Waals surface area (Å²) < 4.78 is 10.5. The van der Waals surface area contributed by atoms with Gasteiger partial charge in [-0.1, -0.05) is 0 Å². The van der Waals surface area contributed by atoms with Crippen LogP contribution in [0.1, 0.15) is 12.8 Å². The van der Waals surface area contributed by atoms with Crippen LogP contribution in [0.3, 0.4) is 0 Å². The minimum absolute atomic E-state index is 0. The van der Waals surface area contributed by atoms with Crippen molar-refractivity contribution in [2.45, 2.75) is 12.8 Å². The SMILES string of the molecule is C1COC(CCC2=NCCO2)=N1.P. The Bertz CT molecular complexity index is 204. The second kappa shape index (κ2) is 5.18. The molecular formula is C8H15N2O2P. The molecule has 4 nitrogen and oxygen atoms in total. The zero-order valence-electron chi connectivity index (χ0n) is 7.66. The van der Waals surface area contributed by atoms with Crippen molar-refractivity contribution < 1.29 is 9.47 Å². The normalized spacial score (nSPS) is 19.7. The minimum atomic E-state index is 0. The molecule has 0 saturated carbocycles. The van der Waals surface area contributed by atoms with E-state index < -0.39 is 0 Å². The molecule has 0 saturated heterocycles. The maximum Gasteiger partial charge on any atom is 0.183 e. The first kappa shape index (κ1) is 10.5. The Morgan fingerprint density at radius 3 is 1.69 bits per heavy atom. The van der Waals surface area contributed by atoms with Crippen molar-refractivity contribution in [2.24, 2.45) is 9.98 Å². The molecule has 13 heavy (non-hydrogen) atoms. The van der Waals surface area contributed by atoms with E-state index in [2.05, 4.69) is 9.98 Å². The van der Waals surface area contributed by atoms with Crippen LogP contribution in [0.15, 0.2) is 9.98 Å². The molecule has 74 valence electrons. The summed E-state index contributed by atoms with van der Waals surface area (Å²) in [7, 11) is 0. The minimum Gasteiger partial charge on any atom is -0.479 e. The summed E-state index contributed by atoms with van der Waals surface area (Å²) in [4.78, 5) is 8.36. The fraction of sp³-hybridized carbons (Fsp3) is 0.750. The molecule has 0 aliphatic carbocycles. The summed E-state index contributed by atoms with van der Waals surface area (Å²) in [5, 5.41) is 0. The van der Waals surface area contributed by atoms with Crippen LogP contribution in [0, 0.1) is 0 Å². The summed E-state index contributed by atoms with van der Waals surface area (Å²) in [6.07, 6.45) is 1.66. The Kier molecular flexibility index (Phi) is 4.16. The average Bonchev–Trinajstić information content (AvgIpc) is 2.74. The number of hydrogen-bond donors (Lipinski definition) is 0. The highest BCUT2D eigenvalue weighted by Crippen LogP contribution is 2.06. The number of ether oxygens (including phenoxy) is 2. The Hall–Kier alpha value is -0.630. The highest BCUT2D eigenvalue weighted by molar-refractivity contribution is 6.92. The maximum absolute atomic E-state index is 5.25. The van der Waals surface area contributed by atoms with Crippen molar-refractivity contribution >= 4 is 21.7 Å². The maximum atomic E-state index is 5.25. The molecule has 1 unspecified atom stereocenters. The monoisotopic (exact) mass is 202 g/mol. The van der Waals surface area contributed by atoms with Gasteiger partial charge >= 0.3 is 0 Å². The average molecular weight is 202 g/mol. The van der Waals surface area contributed by atoms with Crippen molar-refractivity contribution in [1.82, 2.24) is 0 Å². The van der Waals surface area contributed by atoms with Crippen LogP contribution in [0.25, 0.3) is 0 Å². The third kappa shape index (κ3) is 2.96. The van der Waals surface area contributed by atoms with Gasteiger partial charge in [0.1, 0.15) is 13.2 Å². The third-order valence-corrected chi connectivity index (χ3v) is 1.85. The second-order valence-electron chi connectivity index (χ2n) is 2.75. The topological polar surface area (TPSA) is 43.2 Å². The van der Waals surface area contributed by atoms with E-state index in [0.29, 0.717) is 0 Å². The van der Waals surface area contributed by atoms with E-state index >= 15 is 0 Å². The van der Waals surface area contributed by atoms with E-state index in [-0.39, 0.29) is 9.90 Å². The molecule has 2 aliphatic rings. The predicted octanol–water partition coefficient (Wildman–Crippen LogP) is 0.682. The Morgan fingerprint density at radius 2 is 1.38 bits per heavy atom. The molecule has 0 radical (unpaired) electrons. The Balaban J connectivity index is 0.000000845. The first-order chi connectivity index (χ1) is 5.95. The molecule has 0 amide bonds. The lowest BCUT2D eigenvalue weighted by Crippen LogP contribution is -2.04. The van der Waals surface area contributed by atoms with Gasteiger partial charge < -0.3 is 9.47 Å². The Morgan fingerprint density at radius 1 is 0.923 bits per heavy atom. The first-order valence-corrected chi connectivity index (χ1v) is 4.27. The predicted molar refractivity (Wildman–Crippen MR) is 56.8 cm³/mol. The van der Waals surface area contributed by atoms with Gasteiger partial charge in [0.05, 0.1) is 13.1 Å². The molecule has 2 heterocycles. The van der Waals surface area contributed by atoms with Crippen LogP contribution < -0.4 is 0 Å². The fourth-order valence-corrected chi connectivity index (χ4v) is 1.28. The van der Waals surface area contributed by atoms with Crippen LogP contribution in [-0.4, -0.2) is 38.1 Å².